The highest BCUT2D eigenvalue weighted by Gasteiger charge is 2.44. The standard InChI is InChI=1S/C25H23NO4.C22H18ClN3O3/c1-30-19-11-7-10-18(16-19)24(27)26-22(14-15-23(26)25(28)29)21-13-6-5-12-20(21)17-8-3-2-4-9-17;23-16-9-5-4-8-15(16)19-10-11-20(22(28)29)26(19)21(27)18-12-17(24-13-25-18)14-6-2-1-3-7-14/h2-13,16,22-23H,14-15H2,1H3,(H,28,29);1-9,12-13,19-20H,10-11H2,(H,28,29)/t22-,23+;19-,20+/m11/s1. The molecule has 2 N–H and O–H groups in total. The Morgan fingerprint density at radius 1 is 0.610 bits per heavy atom. The molecule has 0 unspecified atom stereocenters. The van der Waals surface area contributed by atoms with Crippen LogP contribution in [0.2, 0.25) is 5.02 Å². The number of aromatic nitrogens is 2. The first-order chi connectivity index (χ1) is 28.7. The lowest BCUT2D eigenvalue weighted by molar-refractivity contribution is -0.142. The summed E-state index contributed by atoms with van der Waals surface area (Å²) in [6.07, 6.45) is 3.21. The van der Waals surface area contributed by atoms with Crippen LogP contribution in [0.15, 0.2) is 146 Å². The summed E-state index contributed by atoms with van der Waals surface area (Å²) in [4.78, 5) is 61.9. The lowest BCUT2D eigenvalue weighted by atomic mass is 9.93. The van der Waals surface area contributed by atoms with Gasteiger partial charge in [-0.2, -0.15) is 0 Å². The number of likely N-dealkylation sites (tertiary alicyclic amines) is 2. The molecular formula is C47H41ClN4O7. The zero-order chi connectivity index (χ0) is 41.5. The number of rotatable bonds is 9. The molecule has 298 valence electrons. The number of carbonyl (C=O) groups is 4. The summed E-state index contributed by atoms with van der Waals surface area (Å²) >= 11 is 6.34. The van der Waals surface area contributed by atoms with E-state index in [4.69, 9.17) is 16.3 Å². The van der Waals surface area contributed by atoms with Gasteiger partial charge in [-0.1, -0.05) is 121 Å². The largest absolute Gasteiger partial charge is 0.497 e. The highest BCUT2D eigenvalue weighted by Crippen LogP contribution is 2.42. The summed E-state index contributed by atoms with van der Waals surface area (Å²) < 4.78 is 5.24. The third kappa shape index (κ3) is 8.70. The lowest BCUT2D eigenvalue weighted by Gasteiger charge is -2.30. The Balaban J connectivity index is 0.000000179. The predicted octanol–water partition coefficient (Wildman–Crippen LogP) is 9.02. The summed E-state index contributed by atoms with van der Waals surface area (Å²) in [5, 5.41) is 20.0. The summed E-state index contributed by atoms with van der Waals surface area (Å²) in [6, 6.07) is 40.4. The Morgan fingerprint density at radius 2 is 1.17 bits per heavy atom. The van der Waals surface area contributed by atoms with Crippen molar-refractivity contribution in [2.45, 2.75) is 49.9 Å². The topological polar surface area (TPSA) is 150 Å². The minimum absolute atomic E-state index is 0.157. The summed E-state index contributed by atoms with van der Waals surface area (Å²) in [6.45, 7) is 0. The van der Waals surface area contributed by atoms with Crippen LogP contribution in [0.5, 0.6) is 5.75 Å². The van der Waals surface area contributed by atoms with Crippen LogP contribution in [0.25, 0.3) is 22.4 Å². The normalized spacial score (nSPS) is 18.4. The molecule has 12 heteroatoms. The molecule has 0 spiro atoms. The third-order valence-corrected chi connectivity index (χ3v) is 11.1. The molecule has 0 aliphatic carbocycles. The zero-order valence-corrected chi connectivity index (χ0v) is 32.9. The van der Waals surface area contributed by atoms with Gasteiger partial charge in [-0.15, -0.1) is 0 Å². The molecule has 2 aliphatic heterocycles. The van der Waals surface area contributed by atoms with Crippen molar-refractivity contribution in [3.8, 4) is 28.1 Å². The SMILES string of the molecule is COc1cccc(C(=O)N2[C@@H](c3ccccc3-c3ccccc3)CC[C@H]2C(=O)O)c1.O=C(O)[C@@H]1CC[C@H](c2ccccc2Cl)N1C(=O)c1cc(-c2ccccc2)ncn1. The third-order valence-electron chi connectivity index (χ3n) is 10.8. The van der Waals surface area contributed by atoms with E-state index in [2.05, 4.69) is 9.97 Å². The maximum atomic E-state index is 13.5. The molecule has 11 nitrogen and oxygen atoms in total. The summed E-state index contributed by atoms with van der Waals surface area (Å²) in [5.41, 5.74) is 5.78. The molecule has 0 saturated carbocycles. The molecular weight excluding hydrogens is 768 g/mol. The summed E-state index contributed by atoms with van der Waals surface area (Å²) in [7, 11) is 1.54. The van der Waals surface area contributed by atoms with Crippen molar-refractivity contribution in [3.63, 3.8) is 0 Å². The van der Waals surface area contributed by atoms with Crippen LogP contribution in [0, 0.1) is 0 Å². The fraction of sp³-hybridized carbons (Fsp3) is 0.191. The van der Waals surface area contributed by atoms with E-state index < -0.39 is 36.0 Å². The number of carbonyl (C=O) groups excluding carboxylic acids is 2. The van der Waals surface area contributed by atoms with Crippen LogP contribution < -0.4 is 4.74 Å². The van der Waals surface area contributed by atoms with Crippen LogP contribution >= 0.6 is 11.6 Å². The quantitative estimate of drug-likeness (QED) is 0.146. The molecule has 2 saturated heterocycles. The second-order valence-corrected chi connectivity index (χ2v) is 14.6. The van der Waals surface area contributed by atoms with Gasteiger partial charge >= 0.3 is 11.9 Å². The number of carboxylic acids is 2. The van der Waals surface area contributed by atoms with Crippen molar-refractivity contribution in [1.29, 1.82) is 0 Å². The smallest absolute Gasteiger partial charge is 0.326 e. The van der Waals surface area contributed by atoms with Crippen LogP contribution in [0.1, 0.15) is 69.7 Å². The van der Waals surface area contributed by atoms with Gasteiger partial charge in [-0.3, -0.25) is 9.59 Å². The highest BCUT2D eigenvalue weighted by atomic mass is 35.5. The van der Waals surface area contributed by atoms with Gasteiger partial charge in [-0.25, -0.2) is 19.6 Å². The van der Waals surface area contributed by atoms with E-state index in [1.165, 1.54) is 16.1 Å². The lowest BCUT2D eigenvalue weighted by Crippen LogP contribution is -2.42. The van der Waals surface area contributed by atoms with E-state index in [0.29, 0.717) is 47.7 Å². The van der Waals surface area contributed by atoms with Gasteiger partial charge in [0, 0.05) is 16.1 Å². The number of halogens is 1. The first kappa shape index (κ1) is 40.4. The number of methoxy groups -OCH3 is 1. The Morgan fingerprint density at radius 3 is 1.80 bits per heavy atom. The zero-order valence-electron chi connectivity index (χ0n) is 32.1. The molecule has 59 heavy (non-hydrogen) atoms. The van der Waals surface area contributed by atoms with Crippen molar-refractivity contribution in [1.82, 2.24) is 19.8 Å². The Labute approximate surface area is 346 Å². The molecule has 2 fully saturated rings. The van der Waals surface area contributed by atoms with Crippen LogP contribution in [-0.4, -0.2) is 72.9 Å². The average molecular weight is 809 g/mol. The van der Waals surface area contributed by atoms with Crippen molar-refractivity contribution >= 4 is 35.4 Å². The number of aliphatic carboxylic acids is 2. The Kier molecular flexibility index (Phi) is 12.4. The minimum atomic E-state index is -1.04. The highest BCUT2D eigenvalue weighted by molar-refractivity contribution is 6.31. The van der Waals surface area contributed by atoms with E-state index in [0.717, 1.165) is 27.8 Å². The van der Waals surface area contributed by atoms with Crippen molar-refractivity contribution in [3.05, 3.63) is 173 Å². The van der Waals surface area contributed by atoms with Gasteiger partial charge in [0.1, 0.15) is 29.9 Å². The molecule has 2 aliphatic rings. The number of nitrogens with zero attached hydrogens (tertiary/aromatic N) is 4. The van der Waals surface area contributed by atoms with Gasteiger partial charge in [0.25, 0.3) is 11.8 Å². The van der Waals surface area contributed by atoms with E-state index in [9.17, 15) is 29.4 Å². The molecule has 0 radical (unpaired) electrons. The van der Waals surface area contributed by atoms with E-state index in [1.54, 1.807) is 49.6 Å². The molecule has 6 aromatic rings. The maximum Gasteiger partial charge on any atom is 0.326 e. The van der Waals surface area contributed by atoms with Crippen molar-refractivity contribution in [2.24, 2.45) is 0 Å². The number of ether oxygens (including phenoxy) is 1. The number of hydrogen-bond donors (Lipinski definition) is 2. The van der Waals surface area contributed by atoms with E-state index in [1.807, 2.05) is 97.1 Å². The van der Waals surface area contributed by atoms with Crippen LogP contribution in [0.4, 0.5) is 0 Å². The Bertz CT molecular complexity index is 2470. The van der Waals surface area contributed by atoms with Crippen LogP contribution in [0.3, 0.4) is 0 Å². The second-order valence-electron chi connectivity index (χ2n) is 14.2. The Hall–Kier alpha value is -6.85. The summed E-state index contributed by atoms with van der Waals surface area (Å²) in [5.74, 6) is -2.20. The predicted molar refractivity (Wildman–Crippen MR) is 223 cm³/mol. The minimum Gasteiger partial charge on any atom is -0.497 e. The molecule has 5 aromatic carbocycles. The van der Waals surface area contributed by atoms with Gasteiger partial charge in [0.05, 0.1) is 24.9 Å². The fourth-order valence-corrected chi connectivity index (χ4v) is 8.24. The number of amides is 2. The second kappa shape index (κ2) is 18.2. The molecule has 1 aromatic heterocycles. The van der Waals surface area contributed by atoms with Gasteiger partial charge < -0.3 is 24.7 Å². The molecule has 8 rings (SSSR count). The van der Waals surface area contributed by atoms with Gasteiger partial charge in [0.2, 0.25) is 0 Å². The number of benzene rings is 5. The molecule has 3 heterocycles. The van der Waals surface area contributed by atoms with Gasteiger partial charge in [-0.05, 0) is 78.3 Å². The first-order valence-electron chi connectivity index (χ1n) is 19.2. The number of carboxylic acid groups (broad SMARTS) is 2. The molecule has 2 amide bonds. The van der Waals surface area contributed by atoms with Crippen LogP contribution in [-0.2, 0) is 9.59 Å². The maximum absolute atomic E-state index is 13.5. The monoisotopic (exact) mass is 808 g/mol. The molecule has 0 bridgehead atoms. The number of hydrogen-bond acceptors (Lipinski definition) is 7. The first-order valence-corrected chi connectivity index (χ1v) is 19.5. The van der Waals surface area contributed by atoms with E-state index in [-0.39, 0.29) is 17.6 Å². The van der Waals surface area contributed by atoms with E-state index >= 15 is 0 Å². The van der Waals surface area contributed by atoms with Gasteiger partial charge in [0.15, 0.2) is 0 Å². The average Bonchev–Trinajstić information content (AvgIpc) is 3.93. The molecule has 4 atom stereocenters. The van der Waals surface area contributed by atoms with Crippen molar-refractivity contribution in [2.75, 3.05) is 7.11 Å². The van der Waals surface area contributed by atoms with Crippen molar-refractivity contribution < 1.29 is 34.1 Å². The fourth-order valence-electron chi connectivity index (χ4n) is 7.98.